The lowest BCUT2D eigenvalue weighted by molar-refractivity contribution is 0.693. The molecular formula is C14H16N2S. The Balaban J connectivity index is 2.08. The van der Waals surface area contributed by atoms with Crippen molar-refractivity contribution in [3.05, 3.63) is 54.2 Å². The summed E-state index contributed by atoms with van der Waals surface area (Å²) in [4.78, 5) is 5.63. The first kappa shape index (κ1) is 12.1. The highest BCUT2D eigenvalue weighted by Gasteiger charge is 2.04. The lowest BCUT2D eigenvalue weighted by Crippen LogP contribution is -2.08. The summed E-state index contributed by atoms with van der Waals surface area (Å²) in [5, 5.41) is 1.00. The highest BCUT2D eigenvalue weighted by atomic mass is 32.2. The van der Waals surface area contributed by atoms with Gasteiger partial charge in [0.1, 0.15) is 5.03 Å². The summed E-state index contributed by atoms with van der Waals surface area (Å²) in [5.41, 5.74) is 7.05. The zero-order chi connectivity index (χ0) is 12.1. The second kappa shape index (κ2) is 5.84. The van der Waals surface area contributed by atoms with E-state index in [9.17, 15) is 0 Å². The van der Waals surface area contributed by atoms with Crippen LogP contribution in [0.2, 0.25) is 0 Å². The van der Waals surface area contributed by atoms with Gasteiger partial charge in [0.05, 0.1) is 0 Å². The Kier molecular flexibility index (Phi) is 4.18. The monoisotopic (exact) mass is 244 g/mol. The second-order valence-corrected chi connectivity index (χ2v) is 4.95. The van der Waals surface area contributed by atoms with E-state index in [0.717, 1.165) is 17.0 Å². The van der Waals surface area contributed by atoms with E-state index in [-0.39, 0.29) is 6.04 Å². The van der Waals surface area contributed by atoms with Crippen molar-refractivity contribution in [2.75, 3.05) is 0 Å². The fraction of sp³-hybridized carbons (Fsp3) is 0.214. The number of nitrogens with zero attached hydrogens (tertiary/aromatic N) is 1. The quantitative estimate of drug-likeness (QED) is 0.892. The molecule has 0 saturated carbocycles. The van der Waals surface area contributed by atoms with E-state index in [1.54, 1.807) is 11.8 Å². The van der Waals surface area contributed by atoms with Crippen molar-refractivity contribution < 1.29 is 0 Å². The van der Waals surface area contributed by atoms with E-state index in [1.807, 2.05) is 30.5 Å². The number of pyridine rings is 1. The van der Waals surface area contributed by atoms with Gasteiger partial charge < -0.3 is 5.73 Å². The molecule has 1 atom stereocenters. The molecule has 1 heterocycles. The van der Waals surface area contributed by atoms with Gasteiger partial charge in [-0.15, -0.1) is 0 Å². The lowest BCUT2D eigenvalue weighted by atomic mass is 10.1. The number of benzene rings is 1. The maximum Gasteiger partial charge on any atom is 0.101 e. The molecule has 0 aliphatic rings. The molecule has 1 aromatic carbocycles. The molecule has 0 saturated heterocycles. The van der Waals surface area contributed by atoms with Crippen molar-refractivity contribution in [3.8, 4) is 0 Å². The topological polar surface area (TPSA) is 38.9 Å². The van der Waals surface area contributed by atoms with Crippen molar-refractivity contribution in [2.45, 2.75) is 29.3 Å². The van der Waals surface area contributed by atoms with E-state index in [4.69, 9.17) is 5.73 Å². The van der Waals surface area contributed by atoms with Crippen LogP contribution in [-0.4, -0.2) is 4.98 Å². The van der Waals surface area contributed by atoms with Gasteiger partial charge in [-0.3, -0.25) is 0 Å². The van der Waals surface area contributed by atoms with Crippen LogP contribution in [-0.2, 0) is 0 Å². The molecule has 0 radical (unpaired) electrons. The van der Waals surface area contributed by atoms with Gasteiger partial charge in [-0.05, 0) is 30.2 Å². The minimum Gasteiger partial charge on any atom is -0.324 e. The molecule has 3 heteroatoms. The number of aromatic nitrogens is 1. The smallest absolute Gasteiger partial charge is 0.101 e. The largest absolute Gasteiger partial charge is 0.324 e. The Morgan fingerprint density at radius 3 is 2.53 bits per heavy atom. The zero-order valence-electron chi connectivity index (χ0n) is 9.84. The summed E-state index contributed by atoms with van der Waals surface area (Å²) >= 11 is 1.66. The van der Waals surface area contributed by atoms with Crippen LogP contribution in [0.15, 0.2) is 58.6 Å². The van der Waals surface area contributed by atoms with Gasteiger partial charge in [0.15, 0.2) is 0 Å². The van der Waals surface area contributed by atoms with Crippen LogP contribution in [0.3, 0.4) is 0 Å². The Morgan fingerprint density at radius 2 is 1.94 bits per heavy atom. The van der Waals surface area contributed by atoms with Gasteiger partial charge in [0.25, 0.3) is 0 Å². The van der Waals surface area contributed by atoms with Gasteiger partial charge >= 0.3 is 0 Å². The number of hydrogen-bond donors (Lipinski definition) is 1. The molecule has 2 aromatic rings. The Hall–Kier alpha value is -1.32. The maximum atomic E-state index is 5.95. The van der Waals surface area contributed by atoms with Crippen LogP contribution < -0.4 is 5.73 Å². The van der Waals surface area contributed by atoms with Crippen LogP contribution in [0, 0.1) is 0 Å². The van der Waals surface area contributed by atoms with Gasteiger partial charge in [-0.2, -0.15) is 0 Å². The van der Waals surface area contributed by atoms with Crippen LogP contribution in [0.4, 0.5) is 0 Å². The van der Waals surface area contributed by atoms with Gasteiger partial charge in [-0.1, -0.05) is 43.0 Å². The molecule has 0 amide bonds. The fourth-order valence-electron chi connectivity index (χ4n) is 1.52. The van der Waals surface area contributed by atoms with E-state index >= 15 is 0 Å². The van der Waals surface area contributed by atoms with Crippen molar-refractivity contribution >= 4 is 11.8 Å². The fourth-order valence-corrected chi connectivity index (χ4v) is 2.29. The number of nitrogens with two attached hydrogens (primary N) is 1. The number of rotatable bonds is 4. The summed E-state index contributed by atoms with van der Waals surface area (Å²) in [7, 11) is 0. The molecule has 0 aliphatic heterocycles. The summed E-state index contributed by atoms with van der Waals surface area (Å²) in [5.74, 6) is 0. The molecule has 1 aromatic heterocycles. The molecule has 2 N–H and O–H groups in total. The third-order valence-electron chi connectivity index (χ3n) is 2.59. The highest BCUT2D eigenvalue weighted by molar-refractivity contribution is 7.99. The summed E-state index contributed by atoms with van der Waals surface area (Å²) in [6, 6.07) is 14.4. The minimum atomic E-state index is 0.0956. The first-order chi connectivity index (χ1) is 8.29. The molecule has 0 fully saturated rings. The van der Waals surface area contributed by atoms with Crippen LogP contribution >= 0.6 is 11.8 Å². The third-order valence-corrected chi connectivity index (χ3v) is 3.55. The third kappa shape index (κ3) is 3.32. The van der Waals surface area contributed by atoms with E-state index < -0.39 is 0 Å². The Bertz CT molecular complexity index is 453. The van der Waals surface area contributed by atoms with E-state index in [2.05, 4.69) is 30.1 Å². The minimum absolute atomic E-state index is 0.0956. The van der Waals surface area contributed by atoms with Crippen molar-refractivity contribution in [2.24, 2.45) is 5.73 Å². The standard InChI is InChI=1S/C14H16N2S/c1-2-13(15)11-8-9-14(16-10-11)17-12-6-4-3-5-7-12/h3-10,13H,2,15H2,1H3. The first-order valence-electron chi connectivity index (χ1n) is 5.74. The van der Waals surface area contributed by atoms with Gasteiger partial charge in [0, 0.05) is 17.1 Å². The van der Waals surface area contributed by atoms with Crippen molar-refractivity contribution in [1.29, 1.82) is 0 Å². The Morgan fingerprint density at radius 1 is 1.18 bits per heavy atom. The van der Waals surface area contributed by atoms with E-state index in [1.165, 1.54) is 4.90 Å². The molecular weight excluding hydrogens is 228 g/mol. The molecule has 2 nitrogen and oxygen atoms in total. The Labute approximate surface area is 106 Å². The lowest BCUT2D eigenvalue weighted by Gasteiger charge is -2.08. The average Bonchev–Trinajstić information content (AvgIpc) is 2.40. The second-order valence-electron chi connectivity index (χ2n) is 3.86. The van der Waals surface area contributed by atoms with E-state index in [0.29, 0.717) is 0 Å². The molecule has 0 aliphatic carbocycles. The van der Waals surface area contributed by atoms with Gasteiger partial charge in [0.2, 0.25) is 0 Å². The average molecular weight is 244 g/mol. The zero-order valence-corrected chi connectivity index (χ0v) is 10.7. The first-order valence-corrected chi connectivity index (χ1v) is 6.55. The molecule has 88 valence electrons. The normalized spacial score (nSPS) is 12.4. The molecule has 17 heavy (non-hydrogen) atoms. The highest BCUT2D eigenvalue weighted by Crippen LogP contribution is 2.26. The van der Waals surface area contributed by atoms with Crippen molar-refractivity contribution in [1.82, 2.24) is 4.98 Å². The van der Waals surface area contributed by atoms with Crippen LogP contribution in [0.1, 0.15) is 24.9 Å². The van der Waals surface area contributed by atoms with Gasteiger partial charge in [-0.25, -0.2) is 4.98 Å². The summed E-state index contributed by atoms with van der Waals surface area (Å²) in [6.07, 6.45) is 2.81. The molecule has 1 unspecified atom stereocenters. The maximum absolute atomic E-state index is 5.95. The molecule has 0 bridgehead atoms. The predicted molar refractivity (Wildman–Crippen MR) is 72.0 cm³/mol. The molecule has 0 spiro atoms. The number of hydrogen-bond acceptors (Lipinski definition) is 3. The summed E-state index contributed by atoms with van der Waals surface area (Å²) < 4.78 is 0. The van der Waals surface area contributed by atoms with Crippen molar-refractivity contribution in [3.63, 3.8) is 0 Å². The SMILES string of the molecule is CCC(N)c1ccc(Sc2ccccc2)nc1. The van der Waals surface area contributed by atoms with Crippen LogP contribution in [0.5, 0.6) is 0 Å². The summed E-state index contributed by atoms with van der Waals surface area (Å²) in [6.45, 7) is 2.08. The van der Waals surface area contributed by atoms with Crippen LogP contribution in [0.25, 0.3) is 0 Å². The molecule has 2 rings (SSSR count). The predicted octanol–water partition coefficient (Wildman–Crippen LogP) is 3.64.